The van der Waals surface area contributed by atoms with E-state index in [4.69, 9.17) is 0 Å². The molecule has 3 rings (SSSR count). The van der Waals surface area contributed by atoms with Crippen molar-refractivity contribution in [3.05, 3.63) is 83.9 Å². The molecule has 3 aromatic rings. The number of nitrogens with zero attached hydrogens (tertiary/aromatic N) is 2. The second-order valence-electron chi connectivity index (χ2n) is 5.46. The number of benzene rings is 2. The topological polar surface area (TPSA) is 59.0 Å². The van der Waals surface area contributed by atoms with Gasteiger partial charge in [0.2, 0.25) is 0 Å². The summed E-state index contributed by atoms with van der Waals surface area (Å²) >= 11 is 0. The van der Waals surface area contributed by atoms with Gasteiger partial charge in [-0.3, -0.25) is 0 Å². The lowest BCUT2D eigenvalue weighted by Crippen LogP contribution is -2.29. The van der Waals surface area contributed by atoms with E-state index < -0.39 is 23.4 Å². The lowest BCUT2D eigenvalue weighted by molar-refractivity contribution is 0.251. The maximum absolute atomic E-state index is 13.5. The molecule has 0 bridgehead atoms. The number of nitrogens with one attached hydrogen (secondary N) is 2. The molecular weight excluding hydrogens is 326 g/mol. The molecule has 1 aromatic heterocycles. The number of carbonyl (C=O) groups is 1. The predicted molar refractivity (Wildman–Crippen MR) is 90.0 cm³/mol. The molecule has 128 valence electrons. The van der Waals surface area contributed by atoms with Gasteiger partial charge in [-0.2, -0.15) is 0 Å². The van der Waals surface area contributed by atoms with Gasteiger partial charge < -0.3 is 15.2 Å². The number of carbonyl (C=O) groups excluding carboxylic acids is 1. The molecule has 0 aliphatic carbocycles. The van der Waals surface area contributed by atoms with Crippen molar-refractivity contribution in [3.8, 4) is 0 Å². The highest BCUT2D eigenvalue weighted by molar-refractivity contribution is 5.89. The summed E-state index contributed by atoms with van der Waals surface area (Å²) in [7, 11) is 0. The highest BCUT2D eigenvalue weighted by atomic mass is 19.1. The van der Waals surface area contributed by atoms with Crippen LogP contribution >= 0.6 is 0 Å². The van der Waals surface area contributed by atoms with Crippen LogP contribution in [0, 0.1) is 11.6 Å². The molecule has 0 atom stereocenters. The second kappa shape index (κ2) is 7.57. The standard InChI is InChI=1S/C18H16F2N4O/c19-15-5-2-6-16(20)17(15)23-18(25)22-10-13-3-1-4-14(9-13)11-24-8-7-21-12-24/h1-9,12H,10-11H2,(H2,22,23,25). The van der Waals surface area contributed by atoms with Gasteiger partial charge in [0.25, 0.3) is 0 Å². The lowest BCUT2D eigenvalue weighted by Gasteiger charge is -2.10. The van der Waals surface area contributed by atoms with Crippen LogP contribution in [0.3, 0.4) is 0 Å². The Kier molecular flexibility index (Phi) is 5.03. The van der Waals surface area contributed by atoms with Crippen LogP contribution in [0.4, 0.5) is 19.3 Å². The molecule has 0 aliphatic heterocycles. The first kappa shape index (κ1) is 16.6. The SMILES string of the molecule is O=C(NCc1cccc(Cn2ccnc2)c1)Nc1c(F)cccc1F. The zero-order chi connectivity index (χ0) is 17.6. The lowest BCUT2D eigenvalue weighted by atomic mass is 10.1. The number of hydrogen-bond acceptors (Lipinski definition) is 2. The van der Waals surface area contributed by atoms with Gasteiger partial charge in [-0.1, -0.05) is 30.3 Å². The summed E-state index contributed by atoms with van der Waals surface area (Å²) in [6.45, 7) is 0.903. The molecule has 0 saturated heterocycles. The molecule has 0 fully saturated rings. The molecule has 2 aromatic carbocycles. The van der Waals surface area contributed by atoms with Gasteiger partial charge in [-0.15, -0.1) is 0 Å². The Morgan fingerprint density at radius 2 is 1.80 bits per heavy atom. The van der Waals surface area contributed by atoms with E-state index in [0.29, 0.717) is 6.54 Å². The number of urea groups is 1. The van der Waals surface area contributed by atoms with Crippen molar-refractivity contribution in [1.29, 1.82) is 0 Å². The van der Waals surface area contributed by atoms with Crippen LogP contribution < -0.4 is 10.6 Å². The van der Waals surface area contributed by atoms with Crippen molar-refractivity contribution >= 4 is 11.7 Å². The minimum Gasteiger partial charge on any atom is -0.334 e. The summed E-state index contributed by atoms with van der Waals surface area (Å²) in [6, 6.07) is 10.4. The number of para-hydroxylation sites is 1. The number of amides is 2. The summed E-state index contributed by atoms with van der Waals surface area (Å²) in [6.07, 6.45) is 5.29. The quantitative estimate of drug-likeness (QED) is 0.745. The normalized spacial score (nSPS) is 10.5. The molecule has 0 unspecified atom stereocenters. The fourth-order valence-electron chi connectivity index (χ4n) is 2.39. The third-order valence-electron chi connectivity index (χ3n) is 3.57. The van der Waals surface area contributed by atoms with Crippen molar-refractivity contribution in [2.75, 3.05) is 5.32 Å². The van der Waals surface area contributed by atoms with Crippen LogP contribution in [0.1, 0.15) is 11.1 Å². The second-order valence-corrected chi connectivity index (χ2v) is 5.46. The summed E-state index contributed by atoms with van der Waals surface area (Å²) < 4.78 is 29.0. The summed E-state index contributed by atoms with van der Waals surface area (Å²) in [5, 5.41) is 4.77. The van der Waals surface area contributed by atoms with E-state index >= 15 is 0 Å². The number of hydrogen-bond donors (Lipinski definition) is 2. The van der Waals surface area contributed by atoms with E-state index in [1.165, 1.54) is 6.07 Å². The van der Waals surface area contributed by atoms with Crippen LogP contribution in [0.2, 0.25) is 0 Å². The molecule has 2 amide bonds. The van der Waals surface area contributed by atoms with E-state index in [2.05, 4.69) is 15.6 Å². The Morgan fingerprint density at radius 3 is 2.52 bits per heavy atom. The average molecular weight is 342 g/mol. The Balaban J connectivity index is 1.59. The number of imidazole rings is 1. The minimum atomic E-state index is -0.822. The van der Waals surface area contributed by atoms with Crippen molar-refractivity contribution < 1.29 is 13.6 Å². The van der Waals surface area contributed by atoms with E-state index in [1.54, 1.807) is 12.5 Å². The maximum Gasteiger partial charge on any atom is 0.319 e. The van der Waals surface area contributed by atoms with E-state index in [9.17, 15) is 13.6 Å². The van der Waals surface area contributed by atoms with Crippen molar-refractivity contribution in [2.24, 2.45) is 0 Å². The van der Waals surface area contributed by atoms with Gasteiger partial charge in [0.15, 0.2) is 0 Å². The largest absolute Gasteiger partial charge is 0.334 e. The molecular formula is C18H16F2N4O. The third kappa shape index (κ3) is 4.41. The monoisotopic (exact) mass is 342 g/mol. The van der Waals surface area contributed by atoms with Crippen LogP contribution in [0.5, 0.6) is 0 Å². The summed E-state index contributed by atoms with van der Waals surface area (Å²) in [5.41, 5.74) is 1.47. The first-order chi connectivity index (χ1) is 12.1. The van der Waals surface area contributed by atoms with E-state index in [-0.39, 0.29) is 6.54 Å². The molecule has 1 heterocycles. The zero-order valence-electron chi connectivity index (χ0n) is 13.2. The number of rotatable bonds is 5. The maximum atomic E-state index is 13.5. The highest BCUT2D eigenvalue weighted by Crippen LogP contribution is 2.17. The summed E-state index contributed by atoms with van der Waals surface area (Å²) in [5.74, 6) is -1.64. The van der Waals surface area contributed by atoms with Gasteiger partial charge in [-0.25, -0.2) is 18.6 Å². The molecule has 2 N–H and O–H groups in total. The van der Waals surface area contributed by atoms with E-state index in [0.717, 1.165) is 23.3 Å². The minimum absolute atomic E-state index is 0.236. The van der Waals surface area contributed by atoms with Crippen LogP contribution in [-0.4, -0.2) is 15.6 Å². The van der Waals surface area contributed by atoms with Crippen molar-refractivity contribution in [1.82, 2.24) is 14.9 Å². The Hall–Kier alpha value is -3.22. The van der Waals surface area contributed by atoms with Gasteiger partial charge >= 0.3 is 6.03 Å². The zero-order valence-corrected chi connectivity index (χ0v) is 13.2. The van der Waals surface area contributed by atoms with Gasteiger partial charge in [0.1, 0.15) is 17.3 Å². The third-order valence-corrected chi connectivity index (χ3v) is 3.57. The Labute approximate surface area is 143 Å². The predicted octanol–water partition coefficient (Wildman–Crippen LogP) is 3.53. The summed E-state index contributed by atoms with van der Waals surface area (Å²) in [4.78, 5) is 15.9. The Bertz CT molecular complexity index is 845. The fraction of sp³-hybridized carbons (Fsp3) is 0.111. The molecule has 0 saturated carbocycles. The molecule has 0 spiro atoms. The highest BCUT2D eigenvalue weighted by Gasteiger charge is 2.11. The smallest absolute Gasteiger partial charge is 0.319 e. The Morgan fingerprint density at radius 1 is 1.08 bits per heavy atom. The molecule has 0 radical (unpaired) electrons. The van der Waals surface area contributed by atoms with E-state index in [1.807, 2.05) is 35.0 Å². The average Bonchev–Trinajstić information content (AvgIpc) is 3.10. The molecule has 25 heavy (non-hydrogen) atoms. The van der Waals surface area contributed by atoms with Gasteiger partial charge in [0, 0.05) is 25.5 Å². The van der Waals surface area contributed by atoms with Crippen LogP contribution in [0.15, 0.2) is 61.2 Å². The first-order valence-electron chi connectivity index (χ1n) is 7.64. The molecule has 0 aliphatic rings. The molecule has 5 nitrogen and oxygen atoms in total. The number of halogens is 2. The number of aromatic nitrogens is 2. The van der Waals surface area contributed by atoms with Crippen molar-refractivity contribution in [3.63, 3.8) is 0 Å². The van der Waals surface area contributed by atoms with Gasteiger partial charge in [-0.05, 0) is 23.3 Å². The first-order valence-corrected chi connectivity index (χ1v) is 7.64. The molecule has 7 heteroatoms. The van der Waals surface area contributed by atoms with Crippen molar-refractivity contribution in [2.45, 2.75) is 13.1 Å². The van der Waals surface area contributed by atoms with Gasteiger partial charge in [0.05, 0.1) is 6.33 Å². The van der Waals surface area contributed by atoms with Crippen LogP contribution in [0.25, 0.3) is 0 Å². The number of anilines is 1. The fourth-order valence-corrected chi connectivity index (χ4v) is 2.39. The van der Waals surface area contributed by atoms with Crippen LogP contribution in [-0.2, 0) is 13.1 Å².